The smallest absolute Gasteiger partial charge is 0.155 e. The summed E-state index contributed by atoms with van der Waals surface area (Å²) in [4.78, 5) is 12.4. The fourth-order valence-electron chi connectivity index (χ4n) is 4.39. The number of carbonyl (C=O) groups excluding carboxylic acids is 1. The zero-order valence-electron chi connectivity index (χ0n) is 11.9. The zero-order valence-corrected chi connectivity index (χ0v) is 11.9. The van der Waals surface area contributed by atoms with Gasteiger partial charge < -0.3 is 0 Å². The molecule has 0 aromatic rings. The molecule has 3 unspecified atom stereocenters. The largest absolute Gasteiger partial charge is 0.298 e. The number of rotatable bonds is 0. The van der Waals surface area contributed by atoms with Gasteiger partial charge in [0.05, 0.1) is 6.07 Å². The maximum atomic E-state index is 12.4. The van der Waals surface area contributed by atoms with Crippen LogP contribution in [0.4, 0.5) is 0 Å². The van der Waals surface area contributed by atoms with E-state index in [0.29, 0.717) is 5.92 Å². The first-order chi connectivity index (χ1) is 8.35. The van der Waals surface area contributed by atoms with Crippen LogP contribution < -0.4 is 0 Å². The molecule has 18 heavy (non-hydrogen) atoms. The summed E-state index contributed by atoms with van der Waals surface area (Å²) in [5.74, 6) is 0.180. The molecule has 2 fully saturated rings. The second kappa shape index (κ2) is 4.23. The van der Waals surface area contributed by atoms with E-state index in [-0.39, 0.29) is 16.6 Å². The van der Waals surface area contributed by atoms with Crippen LogP contribution in [0.25, 0.3) is 0 Å². The molecule has 0 amide bonds. The van der Waals surface area contributed by atoms with Gasteiger partial charge in [0.25, 0.3) is 0 Å². The fourth-order valence-corrected chi connectivity index (χ4v) is 4.39. The lowest BCUT2D eigenvalue weighted by molar-refractivity contribution is -0.145. The van der Waals surface area contributed by atoms with Crippen molar-refractivity contribution in [1.29, 1.82) is 5.26 Å². The highest BCUT2D eigenvalue weighted by atomic mass is 16.1. The number of nitriles is 1. The van der Waals surface area contributed by atoms with E-state index in [4.69, 9.17) is 0 Å². The first kappa shape index (κ1) is 13.3. The minimum Gasteiger partial charge on any atom is -0.298 e. The summed E-state index contributed by atoms with van der Waals surface area (Å²) in [6, 6.07) is 2.23. The summed E-state index contributed by atoms with van der Waals surface area (Å²) in [6.45, 7) is 8.46. The third-order valence-electron chi connectivity index (χ3n) is 5.28. The molecular weight excluding hydrogens is 222 g/mol. The summed E-state index contributed by atoms with van der Waals surface area (Å²) in [6.07, 6.45) is 6.22. The number of hydrogen-bond donors (Lipinski definition) is 0. The third kappa shape index (κ3) is 1.81. The van der Waals surface area contributed by atoms with Crippen molar-refractivity contribution < 1.29 is 4.79 Å². The van der Waals surface area contributed by atoms with Crippen molar-refractivity contribution in [2.24, 2.45) is 22.7 Å². The molecule has 0 saturated heterocycles. The van der Waals surface area contributed by atoms with Crippen LogP contribution in [-0.4, -0.2) is 5.78 Å². The van der Waals surface area contributed by atoms with Gasteiger partial charge in [-0.05, 0) is 43.9 Å². The molecule has 0 spiro atoms. The van der Waals surface area contributed by atoms with E-state index in [1.54, 1.807) is 0 Å². The van der Waals surface area contributed by atoms with Gasteiger partial charge in [-0.15, -0.1) is 0 Å². The number of ketones is 1. The number of hydrogen-bond acceptors (Lipinski definition) is 2. The molecule has 2 rings (SSSR count). The van der Waals surface area contributed by atoms with Gasteiger partial charge >= 0.3 is 0 Å². The van der Waals surface area contributed by atoms with Crippen LogP contribution in [-0.2, 0) is 4.79 Å². The van der Waals surface area contributed by atoms with Gasteiger partial charge in [-0.1, -0.05) is 32.4 Å². The van der Waals surface area contributed by atoms with Gasteiger partial charge in [0.15, 0.2) is 5.78 Å². The maximum Gasteiger partial charge on any atom is 0.155 e. The summed E-state index contributed by atoms with van der Waals surface area (Å²) in [7, 11) is 0. The van der Waals surface area contributed by atoms with Gasteiger partial charge in [-0.2, -0.15) is 5.26 Å². The molecule has 0 heterocycles. The molecule has 2 aliphatic carbocycles. The van der Waals surface area contributed by atoms with Crippen LogP contribution in [0.3, 0.4) is 0 Å². The SMILES string of the molecule is C/C=C1\CCC2C(C)(C1)CC(C#N)C(=O)C2(C)C. The van der Waals surface area contributed by atoms with E-state index in [1.807, 2.05) is 13.8 Å². The topological polar surface area (TPSA) is 40.9 Å². The van der Waals surface area contributed by atoms with Gasteiger partial charge in [0.2, 0.25) is 0 Å². The Balaban J connectivity index is 2.40. The number of fused-ring (bicyclic) bond motifs is 1. The molecule has 0 radical (unpaired) electrons. The number of carbonyl (C=O) groups is 1. The van der Waals surface area contributed by atoms with Gasteiger partial charge in [-0.3, -0.25) is 4.79 Å². The van der Waals surface area contributed by atoms with Gasteiger partial charge in [0.1, 0.15) is 5.92 Å². The van der Waals surface area contributed by atoms with Gasteiger partial charge in [0, 0.05) is 5.41 Å². The van der Waals surface area contributed by atoms with E-state index in [2.05, 4.69) is 26.0 Å². The molecule has 3 atom stereocenters. The highest BCUT2D eigenvalue weighted by molar-refractivity contribution is 5.89. The third-order valence-corrected chi connectivity index (χ3v) is 5.28. The molecule has 2 nitrogen and oxygen atoms in total. The molecule has 98 valence electrons. The first-order valence-corrected chi connectivity index (χ1v) is 6.93. The number of Topliss-reactive ketones (excluding diaryl/α,β-unsaturated/α-hetero) is 1. The van der Waals surface area contributed by atoms with Crippen LogP contribution in [0.5, 0.6) is 0 Å². The minimum atomic E-state index is -0.405. The first-order valence-electron chi connectivity index (χ1n) is 6.93. The van der Waals surface area contributed by atoms with Gasteiger partial charge in [-0.25, -0.2) is 0 Å². The summed E-state index contributed by atoms with van der Waals surface area (Å²) < 4.78 is 0. The van der Waals surface area contributed by atoms with Crippen molar-refractivity contribution in [2.75, 3.05) is 0 Å². The van der Waals surface area contributed by atoms with Crippen molar-refractivity contribution in [3.8, 4) is 6.07 Å². The standard InChI is InChI=1S/C16H23NO/c1-5-11-6-7-13-15(2,3)14(18)12(10-17)9-16(13,4)8-11/h5,12-13H,6-9H2,1-4H3/b11-5+. The Morgan fingerprint density at radius 1 is 1.39 bits per heavy atom. The fraction of sp³-hybridized carbons (Fsp3) is 0.750. The molecule has 0 bridgehead atoms. The van der Waals surface area contributed by atoms with E-state index in [9.17, 15) is 10.1 Å². The lowest BCUT2D eigenvalue weighted by atomic mass is 9.48. The van der Waals surface area contributed by atoms with E-state index < -0.39 is 5.92 Å². The Morgan fingerprint density at radius 3 is 2.61 bits per heavy atom. The highest BCUT2D eigenvalue weighted by Gasteiger charge is 2.55. The number of nitrogens with zero attached hydrogens (tertiary/aromatic N) is 1. The Morgan fingerprint density at radius 2 is 2.06 bits per heavy atom. The van der Waals surface area contributed by atoms with E-state index in [1.165, 1.54) is 5.57 Å². The van der Waals surface area contributed by atoms with Crippen molar-refractivity contribution >= 4 is 5.78 Å². The Hall–Kier alpha value is -1.10. The van der Waals surface area contributed by atoms with Crippen LogP contribution in [0.1, 0.15) is 53.4 Å². The van der Waals surface area contributed by atoms with Crippen molar-refractivity contribution in [3.05, 3.63) is 11.6 Å². The molecule has 0 aliphatic heterocycles. The Bertz CT molecular complexity index is 441. The van der Waals surface area contributed by atoms with Crippen LogP contribution in [0, 0.1) is 34.0 Å². The lowest BCUT2D eigenvalue weighted by Gasteiger charge is -2.54. The van der Waals surface area contributed by atoms with Crippen LogP contribution in [0.2, 0.25) is 0 Å². The van der Waals surface area contributed by atoms with Crippen molar-refractivity contribution in [2.45, 2.75) is 53.4 Å². The van der Waals surface area contributed by atoms with Crippen molar-refractivity contribution in [3.63, 3.8) is 0 Å². The summed E-state index contributed by atoms with van der Waals surface area (Å²) >= 11 is 0. The van der Waals surface area contributed by atoms with Crippen LogP contribution >= 0.6 is 0 Å². The highest BCUT2D eigenvalue weighted by Crippen LogP contribution is 2.58. The second-order valence-electron chi connectivity index (χ2n) is 6.84. The maximum absolute atomic E-state index is 12.4. The summed E-state index contributed by atoms with van der Waals surface area (Å²) in [5.41, 5.74) is 1.28. The minimum absolute atomic E-state index is 0.123. The monoisotopic (exact) mass is 245 g/mol. The molecule has 0 aromatic carbocycles. The average molecular weight is 245 g/mol. The molecule has 2 aliphatic rings. The second-order valence-corrected chi connectivity index (χ2v) is 6.84. The van der Waals surface area contributed by atoms with E-state index in [0.717, 1.165) is 25.7 Å². The zero-order chi connectivity index (χ0) is 13.6. The normalized spacial score (nSPS) is 41.3. The molecule has 2 heteroatoms. The molecular formula is C16H23NO. The summed E-state index contributed by atoms with van der Waals surface area (Å²) in [5, 5.41) is 9.24. The lowest BCUT2D eigenvalue weighted by Crippen LogP contribution is -2.52. The quantitative estimate of drug-likeness (QED) is 0.608. The van der Waals surface area contributed by atoms with Crippen LogP contribution in [0.15, 0.2) is 11.6 Å². The molecule has 2 saturated carbocycles. The predicted molar refractivity (Wildman–Crippen MR) is 71.7 cm³/mol. The Kier molecular flexibility index (Phi) is 3.13. The Labute approximate surface area is 110 Å². The average Bonchev–Trinajstić information content (AvgIpc) is 2.33. The molecule has 0 N–H and O–H groups in total. The predicted octanol–water partition coefficient (Wildman–Crippen LogP) is 3.88. The van der Waals surface area contributed by atoms with Crippen molar-refractivity contribution in [1.82, 2.24) is 0 Å². The van der Waals surface area contributed by atoms with E-state index >= 15 is 0 Å². The molecule has 0 aromatic heterocycles. The number of allylic oxidation sites excluding steroid dienone is 2.